The molecule has 1 unspecified atom stereocenters. The fourth-order valence-electron chi connectivity index (χ4n) is 3.37. The van der Waals surface area contributed by atoms with Gasteiger partial charge in [-0.25, -0.2) is 4.99 Å². The molecule has 0 fully saturated rings. The second-order valence-corrected chi connectivity index (χ2v) is 7.61. The highest BCUT2D eigenvalue weighted by atomic mass is 35.5. The molecule has 4 rings (SSSR count). The molecule has 7 nitrogen and oxygen atoms in total. The predicted molar refractivity (Wildman–Crippen MR) is 118 cm³/mol. The second kappa shape index (κ2) is 9.17. The van der Waals surface area contributed by atoms with Gasteiger partial charge in [-0.2, -0.15) is 0 Å². The summed E-state index contributed by atoms with van der Waals surface area (Å²) in [6.07, 6.45) is 0.854. The van der Waals surface area contributed by atoms with Crippen molar-refractivity contribution in [1.82, 2.24) is 25.4 Å². The first-order valence-electron chi connectivity index (χ1n) is 9.96. The Morgan fingerprint density at radius 3 is 2.80 bits per heavy atom. The van der Waals surface area contributed by atoms with Crippen LogP contribution in [0.5, 0.6) is 5.75 Å². The highest BCUT2D eigenvalue weighted by molar-refractivity contribution is 6.31. The first-order chi connectivity index (χ1) is 14.6. The lowest BCUT2D eigenvalue weighted by Crippen LogP contribution is -2.41. The number of para-hydroxylation sites is 1. The number of aliphatic imine (C=N–C) groups is 1. The molecule has 1 atom stereocenters. The molecule has 8 heteroatoms. The van der Waals surface area contributed by atoms with E-state index < -0.39 is 0 Å². The van der Waals surface area contributed by atoms with Crippen LogP contribution in [-0.4, -0.2) is 27.3 Å². The van der Waals surface area contributed by atoms with Crippen LogP contribution in [0.2, 0.25) is 5.02 Å². The fraction of sp³-hybridized carbons (Fsp3) is 0.318. The Hall–Kier alpha value is -3.06. The van der Waals surface area contributed by atoms with E-state index in [1.165, 1.54) is 0 Å². The number of aromatic nitrogens is 3. The number of benzene rings is 2. The molecule has 2 aromatic carbocycles. The minimum absolute atomic E-state index is 0.105. The normalized spacial score (nSPS) is 16.0. The van der Waals surface area contributed by atoms with Gasteiger partial charge in [0, 0.05) is 24.1 Å². The third kappa shape index (κ3) is 4.57. The van der Waals surface area contributed by atoms with Crippen molar-refractivity contribution in [2.24, 2.45) is 12.0 Å². The summed E-state index contributed by atoms with van der Waals surface area (Å²) >= 11 is 6.31. The van der Waals surface area contributed by atoms with E-state index in [9.17, 15) is 0 Å². The van der Waals surface area contributed by atoms with E-state index in [1.54, 1.807) is 0 Å². The molecule has 2 N–H and O–H groups in total. The summed E-state index contributed by atoms with van der Waals surface area (Å²) in [5, 5.41) is 16.0. The highest BCUT2D eigenvalue weighted by Crippen LogP contribution is 2.31. The number of guanidine groups is 1. The van der Waals surface area contributed by atoms with Gasteiger partial charge < -0.3 is 19.9 Å². The van der Waals surface area contributed by atoms with Crippen LogP contribution in [0.15, 0.2) is 53.5 Å². The number of aryl methyl sites for hydroxylation is 1. The number of fused-ring (bicyclic) bond motifs is 1. The Bertz CT molecular complexity index is 1050. The van der Waals surface area contributed by atoms with Gasteiger partial charge in [-0.3, -0.25) is 0 Å². The van der Waals surface area contributed by atoms with Crippen molar-refractivity contribution in [3.05, 3.63) is 76.3 Å². The smallest absolute Gasteiger partial charge is 0.192 e. The van der Waals surface area contributed by atoms with E-state index in [0.29, 0.717) is 30.7 Å². The summed E-state index contributed by atoms with van der Waals surface area (Å²) in [5.41, 5.74) is 2.10. The summed E-state index contributed by atoms with van der Waals surface area (Å²) in [7, 11) is 1.95. The Labute approximate surface area is 181 Å². The van der Waals surface area contributed by atoms with Gasteiger partial charge in [0.25, 0.3) is 0 Å². The third-order valence-electron chi connectivity index (χ3n) is 5.23. The van der Waals surface area contributed by atoms with E-state index in [-0.39, 0.29) is 6.04 Å². The molecule has 30 heavy (non-hydrogen) atoms. The molecule has 0 saturated heterocycles. The lowest BCUT2D eigenvalue weighted by molar-refractivity contribution is 0.261. The third-order valence-corrected chi connectivity index (χ3v) is 5.60. The average Bonchev–Trinajstić information content (AvgIpc) is 3.09. The number of hydrogen-bond donors (Lipinski definition) is 2. The SMILES string of the molecule is Cc1nnc(CNC(=NCc2ccccc2Cl)NC2CCOc3ccccc32)n1C. The molecule has 0 spiro atoms. The first-order valence-corrected chi connectivity index (χ1v) is 10.3. The lowest BCUT2D eigenvalue weighted by Gasteiger charge is -2.28. The lowest BCUT2D eigenvalue weighted by atomic mass is 10.0. The minimum Gasteiger partial charge on any atom is -0.493 e. The van der Waals surface area contributed by atoms with Crippen LogP contribution in [0.25, 0.3) is 0 Å². The van der Waals surface area contributed by atoms with E-state index in [4.69, 9.17) is 21.3 Å². The second-order valence-electron chi connectivity index (χ2n) is 7.20. The average molecular weight is 425 g/mol. The summed E-state index contributed by atoms with van der Waals surface area (Å²) in [4.78, 5) is 4.79. The van der Waals surface area contributed by atoms with Crippen LogP contribution in [0, 0.1) is 6.92 Å². The first kappa shape index (κ1) is 20.2. The zero-order valence-electron chi connectivity index (χ0n) is 17.1. The van der Waals surface area contributed by atoms with E-state index in [0.717, 1.165) is 34.9 Å². The van der Waals surface area contributed by atoms with Gasteiger partial charge in [-0.1, -0.05) is 48.0 Å². The van der Waals surface area contributed by atoms with Crippen molar-refractivity contribution < 1.29 is 4.74 Å². The molecule has 0 amide bonds. The molecule has 2 heterocycles. The molecule has 0 radical (unpaired) electrons. The number of rotatable bonds is 5. The maximum absolute atomic E-state index is 6.31. The molecular formula is C22H25ClN6O. The van der Waals surface area contributed by atoms with Gasteiger partial charge in [0.15, 0.2) is 11.8 Å². The standard InChI is InChI=1S/C22H25ClN6O/c1-15-27-28-21(29(15)2)14-25-22(24-13-16-7-3-5-9-18(16)23)26-19-11-12-30-20-10-6-4-8-17(19)20/h3-10,19H,11-14H2,1-2H3,(H2,24,25,26). The summed E-state index contributed by atoms with van der Waals surface area (Å²) in [6, 6.07) is 16.0. The summed E-state index contributed by atoms with van der Waals surface area (Å²) < 4.78 is 7.75. The van der Waals surface area contributed by atoms with Crippen LogP contribution in [0.3, 0.4) is 0 Å². The summed E-state index contributed by atoms with van der Waals surface area (Å²) in [5.74, 6) is 3.31. The highest BCUT2D eigenvalue weighted by Gasteiger charge is 2.22. The molecule has 156 valence electrons. The number of nitrogens with one attached hydrogen (secondary N) is 2. The van der Waals surface area contributed by atoms with Crippen molar-refractivity contribution >= 4 is 17.6 Å². The van der Waals surface area contributed by atoms with Crippen LogP contribution >= 0.6 is 11.6 Å². The monoisotopic (exact) mass is 424 g/mol. The fourth-order valence-corrected chi connectivity index (χ4v) is 3.56. The van der Waals surface area contributed by atoms with Crippen LogP contribution in [0.4, 0.5) is 0 Å². The maximum atomic E-state index is 6.31. The molecule has 0 bridgehead atoms. The van der Waals surface area contributed by atoms with Crippen molar-refractivity contribution in [3.63, 3.8) is 0 Å². The molecule has 0 aliphatic carbocycles. The van der Waals surface area contributed by atoms with Crippen LogP contribution in [-0.2, 0) is 20.1 Å². The zero-order valence-corrected chi connectivity index (χ0v) is 17.9. The van der Waals surface area contributed by atoms with Crippen molar-refractivity contribution in [2.45, 2.75) is 32.5 Å². The predicted octanol–water partition coefficient (Wildman–Crippen LogP) is 3.54. The minimum atomic E-state index is 0.105. The van der Waals surface area contributed by atoms with Gasteiger partial charge in [0.05, 0.1) is 25.7 Å². The zero-order chi connectivity index (χ0) is 20.9. The Morgan fingerprint density at radius 1 is 1.20 bits per heavy atom. The Kier molecular flexibility index (Phi) is 6.18. The molecule has 1 aromatic heterocycles. The topological polar surface area (TPSA) is 76.4 Å². The van der Waals surface area contributed by atoms with E-state index in [2.05, 4.69) is 26.9 Å². The van der Waals surface area contributed by atoms with Gasteiger partial charge in [0.1, 0.15) is 11.6 Å². The van der Waals surface area contributed by atoms with Gasteiger partial charge in [-0.05, 0) is 24.6 Å². The van der Waals surface area contributed by atoms with Crippen molar-refractivity contribution in [3.8, 4) is 5.75 Å². The van der Waals surface area contributed by atoms with Crippen molar-refractivity contribution in [1.29, 1.82) is 0 Å². The molecule has 1 aliphatic rings. The Morgan fingerprint density at radius 2 is 2.00 bits per heavy atom. The number of ether oxygens (including phenoxy) is 1. The molecular weight excluding hydrogens is 400 g/mol. The van der Waals surface area contributed by atoms with E-state index in [1.807, 2.05) is 61.0 Å². The molecule has 1 aliphatic heterocycles. The number of nitrogens with zero attached hydrogens (tertiary/aromatic N) is 4. The maximum Gasteiger partial charge on any atom is 0.192 e. The van der Waals surface area contributed by atoms with Gasteiger partial charge in [0.2, 0.25) is 0 Å². The number of halogens is 1. The van der Waals surface area contributed by atoms with Gasteiger partial charge >= 0.3 is 0 Å². The van der Waals surface area contributed by atoms with Gasteiger partial charge in [-0.15, -0.1) is 10.2 Å². The van der Waals surface area contributed by atoms with Crippen LogP contribution < -0.4 is 15.4 Å². The van der Waals surface area contributed by atoms with E-state index >= 15 is 0 Å². The molecule has 0 saturated carbocycles. The van der Waals surface area contributed by atoms with Crippen molar-refractivity contribution in [2.75, 3.05) is 6.61 Å². The largest absolute Gasteiger partial charge is 0.493 e. The number of hydrogen-bond acceptors (Lipinski definition) is 4. The van der Waals surface area contributed by atoms with Crippen LogP contribution in [0.1, 0.15) is 35.2 Å². The summed E-state index contributed by atoms with van der Waals surface area (Å²) in [6.45, 7) is 3.57. The Balaban J connectivity index is 1.54. The quantitative estimate of drug-likeness (QED) is 0.484. The molecule has 3 aromatic rings.